The zero-order valence-electron chi connectivity index (χ0n) is 9.80. The van der Waals surface area contributed by atoms with E-state index in [1.54, 1.807) is 13.1 Å². The van der Waals surface area contributed by atoms with Crippen molar-refractivity contribution in [1.82, 2.24) is 9.97 Å². The molecule has 0 saturated heterocycles. The minimum absolute atomic E-state index is 0.348. The van der Waals surface area contributed by atoms with E-state index in [1.807, 2.05) is 13.8 Å². The van der Waals surface area contributed by atoms with Crippen LogP contribution in [0, 0.1) is 6.92 Å². The van der Waals surface area contributed by atoms with Gasteiger partial charge in [0, 0.05) is 6.20 Å². The maximum Gasteiger partial charge on any atom is 0.255 e. The van der Waals surface area contributed by atoms with Crippen LogP contribution in [0.2, 0.25) is 0 Å². The van der Waals surface area contributed by atoms with E-state index in [-0.39, 0.29) is 0 Å². The van der Waals surface area contributed by atoms with E-state index in [9.17, 15) is 8.78 Å². The molecule has 5 heteroatoms. The van der Waals surface area contributed by atoms with Crippen molar-refractivity contribution in [2.75, 3.05) is 11.9 Å². The van der Waals surface area contributed by atoms with Crippen LogP contribution in [0.3, 0.4) is 0 Å². The minimum atomic E-state index is -2.41. The molecule has 1 N–H and O–H groups in total. The van der Waals surface area contributed by atoms with Crippen LogP contribution in [0.15, 0.2) is 12.8 Å². The van der Waals surface area contributed by atoms with E-state index in [0.717, 1.165) is 0 Å². The topological polar surface area (TPSA) is 37.8 Å². The summed E-state index contributed by atoms with van der Waals surface area (Å²) in [5.74, 6) is 0.348. The van der Waals surface area contributed by atoms with Gasteiger partial charge < -0.3 is 5.32 Å². The van der Waals surface area contributed by atoms with Gasteiger partial charge in [0.05, 0.1) is 12.2 Å². The van der Waals surface area contributed by atoms with Crippen molar-refractivity contribution in [3.63, 3.8) is 0 Å². The van der Waals surface area contributed by atoms with Crippen molar-refractivity contribution in [2.45, 2.75) is 27.2 Å². The second kappa shape index (κ2) is 7.73. The number of alkyl halides is 2. The lowest BCUT2D eigenvalue weighted by Crippen LogP contribution is -2.13. The van der Waals surface area contributed by atoms with E-state index in [4.69, 9.17) is 0 Å². The molecule has 90 valence electrons. The van der Waals surface area contributed by atoms with Gasteiger partial charge in [-0.3, -0.25) is 4.98 Å². The molecule has 3 nitrogen and oxygen atoms in total. The predicted molar refractivity (Wildman–Crippen MR) is 62.7 cm³/mol. The van der Waals surface area contributed by atoms with Gasteiger partial charge in [0.2, 0.25) is 0 Å². The lowest BCUT2D eigenvalue weighted by atomic mass is 10.3. The van der Waals surface area contributed by atoms with Crippen LogP contribution in [0.1, 0.15) is 25.2 Å². The molecule has 1 aromatic heterocycles. The fraction of sp³-hybridized carbons (Fsp3) is 0.455. The number of nitrogens with zero attached hydrogens (tertiary/aromatic N) is 2. The van der Waals surface area contributed by atoms with Gasteiger partial charge >= 0.3 is 0 Å². The van der Waals surface area contributed by atoms with Gasteiger partial charge in [-0.25, -0.2) is 13.8 Å². The van der Waals surface area contributed by atoms with Crippen molar-refractivity contribution < 1.29 is 8.78 Å². The Hall–Kier alpha value is -1.52. The van der Waals surface area contributed by atoms with Crippen molar-refractivity contribution in [1.29, 1.82) is 0 Å². The average molecular weight is 229 g/mol. The molecule has 0 unspecified atom stereocenters. The Bertz CT molecular complexity index is 327. The van der Waals surface area contributed by atoms with Gasteiger partial charge in [0.1, 0.15) is 5.69 Å². The molecule has 0 aromatic carbocycles. The number of halogens is 2. The van der Waals surface area contributed by atoms with Crippen LogP contribution >= 0.6 is 0 Å². The van der Waals surface area contributed by atoms with Crippen LogP contribution in [0.25, 0.3) is 6.08 Å². The zero-order chi connectivity index (χ0) is 12.6. The maximum atomic E-state index is 11.9. The molecule has 0 bridgehead atoms. The normalized spacial score (nSPS) is 9.38. The highest BCUT2D eigenvalue weighted by atomic mass is 19.3. The van der Waals surface area contributed by atoms with E-state index in [0.29, 0.717) is 17.2 Å². The molecule has 0 amide bonds. The van der Waals surface area contributed by atoms with Crippen molar-refractivity contribution >= 4 is 11.9 Å². The third kappa shape index (κ3) is 4.82. The van der Waals surface area contributed by atoms with Crippen LogP contribution in [-0.4, -0.2) is 22.9 Å². The molecule has 1 heterocycles. The number of rotatable bonds is 4. The third-order valence-corrected chi connectivity index (χ3v) is 1.54. The Balaban J connectivity index is 0.00000106. The first kappa shape index (κ1) is 14.5. The van der Waals surface area contributed by atoms with Gasteiger partial charge in [0.25, 0.3) is 6.43 Å². The lowest BCUT2D eigenvalue weighted by Gasteiger charge is -2.07. The Morgan fingerprint density at radius 3 is 2.62 bits per heavy atom. The third-order valence-electron chi connectivity index (χ3n) is 1.54. The van der Waals surface area contributed by atoms with Crippen molar-refractivity contribution in [2.24, 2.45) is 0 Å². The molecular weight excluding hydrogens is 212 g/mol. The molecule has 0 saturated carbocycles. The summed E-state index contributed by atoms with van der Waals surface area (Å²) in [5.41, 5.74) is 1.16. The number of aryl methyl sites for hydroxylation is 1. The predicted octanol–water partition coefficient (Wildman–Crippen LogP) is 3.13. The minimum Gasteiger partial charge on any atom is -0.363 e. The van der Waals surface area contributed by atoms with Crippen LogP contribution in [0.5, 0.6) is 0 Å². The molecule has 16 heavy (non-hydrogen) atoms. The molecule has 0 fully saturated rings. The molecule has 0 aliphatic carbocycles. The molecule has 0 atom stereocenters. The summed E-state index contributed by atoms with van der Waals surface area (Å²) in [5, 5.41) is 2.51. The fourth-order valence-electron chi connectivity index (χ4n) is 0.940. The first-order valence-corrected chi connectivity index (χ1v) is 5.11. The summed E-state index contributed by atoms with van der Waals surface area (Å²) in [7, 11) is 0. The molecular formula is C11H17F2N3. The van der Waals surface area contributed by atoms with Gasteiger partial charge in [-0.1, -0.05) is 20.4 Å². The van der Waals surface area contributed by atoms with Gasteiger partial charge in [-0.2, -0.15) is 0 Å². The number of aromatic nitrogens is 2. The fourth-order valence-corrected chi connectivity index (χ4v) is 0.940. The number of anilines is 1. The summed E-state index contributed by atoms with van der Waals surface area (Å²) in [4.78, 5) is 8.02. The van der Waals surface area contributed by atoms with Gasteiger partial charge in [-0.05, 0) is 13.0 Å². The van der Waals surface area contributed by atoms with E-state index < -0.39 is 13.0 Å². The van der Waals surface area contributed by atoms with Gasteiger partial charge in [-0.15, -0.1) is 0 Å². The Morgan fingerprint density at radius 1 is 1.50 bits per heavy atom. The standard InChI is InChI=1S/C9H11F2N3.C2H6/c1-3-7-9(13-5-8(10)11)14-6(2)4-12-7;1-2/h3-4,8H,1,5H2,2H3,(H,13,14);1-2H3. The molecule has 0 aliphatic heterocycles. The SMILES string of the molecule is C=Cc1ncc(C)nc1NCC(F)F.CC. The molecule has 0 aliphatic rings. The quantitative estimate of drug-likeness (QED) is 0.861. The highest BCUT2D eigenvalue weighted by Gasteiger charge is 2.06. The monoisotopic (exact) mass is 229 g/mol. The Morgan fingerprint density at radius 2 is 2.12 bits per heavy atom. The summed E-state index contributed by atoms with van der Waals surface area (Å²) in [6.07, 6.45) is 0.625. The van der Waals surface area contributed by atoms with E-state index in [2.05, 4.69) is 21.9 Å². The summed E-state index contributed by atoms with van der Waals surface area (Å²) in [6.45, 7) is 8.83. The molecule has 1 rings (SSSR count). The van der Waals surface area contributed by atoms with E-state index >= 15 is 0 Å². The van der Waals surface area contributed by atoms with E-state index in [1.165, 1.54) is 6.08 Å². The van der Waals surface area contributed by atoms with Crippen LogP contribution in [-0.2, 0) is 0 Å². The molecule has 1 aromatic rings. The van der Waals surface area contributed by atoms with Crippen molar-refractivity contribution in [3.8, 4) is 0 Å². The highest BCUT2D eigenvalue weighted by molar-refractivity contribution is 5.57. The zero-order valence-corrected chi connectivity index (χ0v) is 9.80. The lowest BCUT2D eigenvalue weighted by molar-refractivity contribution is 0.163. The number of hydrogen-bond donors (Lipinski definition) is 1. The first-order chi connectivity index (χ1) is 7.63. The Kier molecular flexibility index (Phi) is 7.00. The number of nitrogens with one attached hydrogen (secondary N) is 1. The molecule has 0 spiro atoms. The number of hydrogen-bond acceptors (Lipinski definition) is 3. The van der Waals surface area contributed by atoms with Gasteiger partial charge in [0.15, 0.2) is 5.82 Å². The highest BCUT2D eigenvalue weighted by Crippen LogP contribution is 2.11. The van der Waals surface area contributed by atoms with Crippen molar-refractivity contribution in [3.05, 3.63) is 24.2 Å². The van der Waals surface area contributed by atoms with Crippen LogP contribution < -0.4 is 5.32 Å². The first-order valence-electron chi connectivity index (χ1n) is 5.11. The second-order valence-electron chi connectivity index (χ2n) is 2.72. The second-order valence-corrected chi connectivity index (χ2v) is 2.72. The average Bonchev–Trinajstić information content (AvgIpc) is 2.29. The van der Waals surface area contributed by atoms with Crippen LogP contribution in [0.4, 0.5) is 14.6 Å². The summed E-state index contributed by atoms with van der Waals surface area (Å²) < 4.78 is 23.8. The smallest absolute Gasteiger partial charge is 0.255 e. The largest absolute Gasteiger partial charge is 0.363 e. The Labute approximate surface area is 94.6 Å². The summed E-state index contributed by atoms with van der Waals surface area (Å²) >= 11 is 0. The maximum absolute atomic E-state index is 11.9. The molecule has 0 radical (unpaired) electrons. The summed E-state index contributed by atoms with van der Waals surface area (Å²) in [6, 6.07) is 0.